The Morgan fingerprint density at radius 3 is 2.62 bits per heavy atom. The number of nitrogens with one attached hydrogen (secondary N) is 1. The minimum atomic E-state index is -0.542. The minimum Gasteiger partial charge on any atom is -0.444 e. The van der Waals surface area contributed by atoms with Crippen LogP contribution in [0, 0.1) is 10.1 Å². The molecule has 2 rings (SSSR count). The van der Waals surface area contributed by atoms with Gasteiger partial charge in [0.2, 0.25) is 0 Å². The molecule has 1 saturated carbocycles. The van der Waals surface area contributed by atoms with Gasteiger partial charge in [0.1, 0.15) is 5.60 Å². The molecule has 1 aromatic rings. The summed E-state index contributed by atoms with van der Waals surface area (Å²) < 4.78 is 11.6. The number of hydrogen-bond donors (Lipinski definition) is 1. The maximum atomic E-state index is 11.8. The first kappa shape index (κ1) is 18.7. The number of halogens is 1. The summed E-state index contributed by atoms with van der Waals surface area (Å²) in [5.41, 5.74) is 0.179. The number of benzene rings is 1. The number of non-ortho nitro benzene ring substituents is 1. The molecule has 8 heteroatoms. The van der Waals surface area contributed by atoms with Crippen LogP contribution in [0.5, 0.6) is 0 Å². The van der Waals surface area contributed by atoms with Crippen molar-refractivity contribution in [1.82, 2.24) is 5.32 Å². The largest absolute Gasteiger partial charge is 0.444 e. The number of carbonyl (C=O) groups excluding carboxylic acids is 1. The van der Waals surface area contributed by atoms with Crippen LogP contribution in [0.3, 0.4) is 0 Å². The third-order valence-electron chi connectivity index (χ3n) is 3.53. The first-order chi connectivity index (χ1) is 11.1. The smallest absolute Gasteiger partial charge is 0.407 e. The van der Waals surface area contributed by atoms with E-state index in [1.54, 1.807) is 6.07 Å². The number of alkyl carbamates (subject to hydrolysis) is 1. The van der Waals surface area contributed by atoms with Gasteiger partial charge in [0.05, 0.1) is 23.7 Å². The van der Waals surface area contributed by atoms with E-state index in [4.69, 9.17) is 9.47 Å². The number of nitrogens with zero attached hydrogens (tertiary/aromatic N) is 1. The minimum absolute atomic E-state index is 0.0139. The van der Waals surface area contributed by atoms with Gasteiger partial charge in [0.25, 0.3) is 5.69 Å². The number of hydrogen-bond acceptors (Lipinski definition) is 5. The van der Waals surface area contributed by atoms with E-state index in [0.29, 0.717) is 10.0 Å². The van der Waals surface area contributed by atoms with Crippen molar-refractivity contribution in [2.24, 2.45) is 0 Å². The highest BCUT2D eigenvalue weighted by molar-refractivity contribution is 9.10. The molecule has 7 nitrogen and oxygen atoms in total. The van der Waals surface area contributed by atoms with Crippen molar-refractivity contribution in [3.63, 3.8) is 0 Å². The van der Waals surface area contributed by atoms with Crippen LogP contribution in [0.25, 0.3) is 0 Å². The summed E-state index contributed by atoms with van der Waals surface area (Å²) in [6, 6.07) is 4.61. The highest BCUT2D eigenvalue weighted by atomic mass is 79.9. The Kier molecular flexibility index (Phi) is 5.82. The molecular formula is C16H21BrN2O5. The molecule has 1 fully saturated rings. The van der Waals surface area contributed by atoms with E-state index in [1.807, 2.05) is 20.8 Å². The molecule has 0 radical (unpaired) electrons. The van der Waals surface area contributed by atoms with Crippen LogP contribution in [-0.2, 0) is 16.1 Å². The second kappa shape index (κ2) is 7.48. The first-order valence-electron chi connectivity index (χ1n) is 7.69. The normalized spacial score (nSPS) is 20.2. The molecule has 1 N–H and O–H groups in total. The molecule has 0 aliphatic heterocycles. The molecule has 1 aliphatic carbocycles. The van der Waals surface area contributed by atoms with E-state index in [9.17, 15) is 14.9 Å². The molecule has 0 heterocycles. The van der Waals surface area contributed by atoms with Crippen molar-refractivity contribution < 1.29 is 19.2 Å². The Morgan fingerprint density at radius 1 is 1.38 bits per heavy atom. The van der Waals surface area contributed by atoms with Crippen LogP contribution < -0.4 is 5.32 Å². The zero-order chi connectivity index (χ0) is 17.9. The predicted molar refractivity (Wildman–Crippen MR) is 91.8 cm³/mol. The Hall–Kier alpha value is -1.67. The highest BCUT2D eigenvalue weighted by Crippen LogP contribution is 2.27. The van der Waals surface area contributed by atoms with Gasteiger partial charge in [-0.05, 0) is 45.2 Å². The van der Waals surface area contributed by atoms with Crippen LogP contribution in [0.2, 0.25) is 0 Å². The monoisotopic (exact) mass is 400 g/mol. The lowest BCUT2D eigenvalue weighted by atomic mass is 9.89. The van der Waals surface area contributed by atoms with E-state index in [2.05, 4.69) is 21.2 Å². The quantitative estimate of drug-likeness (QED) is 0.596. The summed E-state index contributed by atoms with van der Waals surface area (Å²) in [4.78, 5) is 22.2. The Bertz CT molecular complexity index is 629. The molecule has 2 atom stereocenters. The van der Waals surface area contributed by atoms with Crippen LogP contribution in [0.4, 0.5) is 10.5 Å². The van der Waals surface area contributed by atoms with Gasteiger partial charge in [-0.3, -0.25) is 10.1 Å². The average molecular weight is 401 g/mol. The fourth-order valence-corrected chi connectivity index (χ4v) is 2.85. The predicted octanol–water partition coefficient (Wildman–Crippen LogP) is 3.93. The highest BCUT2D eigenvalue weighted by Gasteiger charge is 2.34. The molecule has 0 saturated heterocycles. The van der Waals surface area contributed by atoms with E-state index in [1.165, 1.54) is 12.1 Å². The van der Waals surface area contributed by atoms with Crippen LogP contribution >= 0.6 is 15.9 Å². The molecule has 1 aromatic carbocycles. The van der Waals surface area contributed by atoms with Crippen molar-refractivity contribution in [2.45, 2.75) is 58.0 Å². The number of ether oxygens (including phenoxy) is 2. The zero-order valence-corrected chi connectivity index (χ0v) is 15.5. The maximum Gasteiger partial charge on any atom is 0.407 e. The summed E-state index contributed by atoms with van der Waals surface area (Å²) in [5.74, 6) is 0. The van der Waals surface area contributed by atoms with Gasteiger partial charge in [-0.2, -0.15) is 0 Å². The lowest BCUT2D eigenvalue weighted by Crippen LogP contribution is -2.52. The lowest BCUT2D eigenvalue weighted by Gasteiger charge is -2.37. The molecule has 0 unspecified atom stereocenters. The van der Waals surface area contributed by atoms with E-state index in [0.717, 1.165) is 12.8 Å². The van der Waals surface area contributed by atoms with Crippen molar-refractivity contribution in [3.05, 3.63) is 38.3 Å². The SMILES string of the molecule is CC(C)(C)OC(=O)N[C@@H]1CC[C@H]1OCc1cc(Br)cc([N+](=O)[O-])c1. The van der Waals surface area contributed by atoms with Crippen molar-refractivity contribution in [3.8, 4) is 0 Å². The topological polar surface area (TPSA) is 90.7 Å². The third-order valence-corrected chi connectivity index (χ3v) is 3.99. The number of rotatable bonds is 5. The van der Waals surface area contributed by atoms with Gasteiger partial charge >= 0.3 is 6.09 Å². The zero-order valence-electron chi connectivity index (χ0n) is 13.9. The van der Waals surface area contributed by atoms with E-state index >= 15 is 0 Å². The molecular weight excluding hydrogens is 380 g/mol. The van der Waals surface area contributed by atoms with Crippen LogP contribution in [-0.4, -0.2) is 28.8 Å². The lowest BCUT2D eigenvalue weighted by molar-refractivity contribution is -0.385. The number of carbonyl (C=O) groups is 1. The summed E-state index contributed by atoms with van der Waals surface area (Å²) in [7, 11) is 0. The van der Waals surface area contributed by atoms with Crippen molar-refractivity contribution >= 4 is 27.7 Å². The summed E-state index contributed by atoms with van der Waals surface area (Å²) >= 11 is 3.26. The standard InChI is InChI=1S/C16H21BrN2O5/c1-16(2,3)24-15(20)18-13-4-5-14(13)23-9-10-6-11(17)8-12(7-10)19(21)22/h6-8,13-14H,4-5,9H2,1-3H3,(H,18,20)/t13-,14-/m1/s1. The Balaban J connectivity index is 1.87. The second-order valence-electron chi connectivity index (χ2n) is 6.75. The molecule has 0 bridgehead atoms. The Labute approximate surface area is 149 Å². The molecule has 132 valence electrons. The van der Waals surface area contributed by atoms with Gasteiger partial charge in [-0.1, -0.05) is 15.9 Å². The van der Waals surface area contributed by atoms with Crippen molar-refractivity contribution in [1.29, 1.82) is 0 Å². The fraction of sp³-hybridized carbons (Fsp3) is 0.562. The molecule has 1 amide bonds. The molecule has 0 spiro atoms. The third kappa shape index (κ3) is 5.45. The van der Waals surface area contributed by atoms with Gasteiger partial charge in [-0.15, -0.1) is 0 Å². The van der Waals surface area contributed by atoms with Crippen LogP contribution in [0.15, 0.2) is 22.7 Å². The molecule has 1 aliphatic rings. The van der Waals surface area contributed by atoms with E-state index < -0.39 is 16.6 Å². The summed E-state index contributed by atoms with van der Waals surface area (Å²) in [6.07, 6.45) is 1.08. The molecule has 0 aromatic heterocycles. The summed E-state index contributed by atoms with van der Waals surface area (Å²) in [5, 5.41) is 13.7. The average Bonchev–Trinajstić information content (AvgIpc) is 2.41. The number of nitro groups is 1. The number of nitro benzene ring substituents is 1. The van der Waals surface area contributed by atoms with Crippen LogP contribution in [0.1, 0.15) is 39.2 Å². The number of amides is 1. The second-order valence-corrected chi connectivity index (χ2v) is 7.67. The van der Waals surface area contributed by atoms with Gasteiger partial charge in [-0.25, -0.2) is 4.79 Å². The fourth-order valence-electron chi connectivity index (χ4n) is 2.32. The molecule has 24 heavy (non-hydrogen) atoms. The van der Waals surface area contributed by atoms with Gasteiger partial charge in [0.15, 0.2) is 0 Å². The van der Waals surface area contributed by atoms with Crippen molar-refractivity contribution in [2.75, 3.05) is 0 Å². The summed E-state index contributed by atoms with van der Waals surface area (Å²) in [6.45, 7) is 5.67. The van der Waals surface area contributed by atoms with E-state index in [-0.39, 0.29) is 24.4 Å². The maximum absolute atomic E-state index is 11.8. The van der Waals surface area contributed by atoms with Gasteiger partial charge in [0, 0.05) is 16.6 Å². The van der Waals surface area contributed by atoms with Gasteiger partial charge < -0.3 is 14.8 Å². The Morgan fingerprint density at radius 2 is 2.08 bits per heavy atom. The first-order valence-corrected chi connectivity index (χ1v) is 8.48.